The zero-order valence-corrected chi connectivity index (χ0v) is 9.00. The van der Waals surface area contributed by atoms with Crippen LogP contribution in [0, 0.1) is 5.92 Å². The van der Waals surface area contributed by atoms with Gasteiger partial charge in [-0.15, -0.1) is 0 Å². The lowest BCUT2D eigenvalue weighted by molar-refractivity contribution is 0.445. The topological polar surface area (TPSA) is 26.0 Å². The van der Waals surface area contributed by atoms with Crippen molar-refractivity contribution in [1.29, 1.82) is 0 Å². The summed E-state index contributed by atoms with van der Waals surface area (Å²) in [5.74, 6) is 0.677. The molecule has 0 saturated heterocycles. The van der Waals surface area contributed by atoms with Gasteiger partial charge in [-0.25, -0.2) is 0 Å². The predicted octanol–water partition coefficient (Wildman–Crippen LogP) is 3.53. The van der Waals surface area contributed by atoms with E-state index in [2.05, 4.69) is 0 Å². The molecule has 1 aromatic carbocycles. The Balaban J connectivity index is 2.09. The Labute approximate surface area is 90.3 Å². The molecule has 1 unspecified atom stereocenters. The third-order valence-corrected chi connectivity index (χ3v) is 3.41. The fourth-order valence-electron chi connectivity index (χ4n) is 2.27. The van der Waals surface area contributed by atoms with Gasteiger partial charge in [-0.1, -0.05) is 36.6 Å². The molecular weight excluding hydrogens is 194 g/mol. The maximum Gasteiger partial charge on any atom is 0.0406 e. The molecule has 2 rings (SSSR count). The first-order valence-electron chi connectivity index (χ1n) is 5.28. The Kier molecular flexibility index (Phi) is 3.09. The van der Waals surface area contributed by atoms with Crippen molar-refractivity contribution >= 4 is 11.6 Å². The summed E-state index contributed by atoms with van der Waals surface area (Å²) in [6.07, 6.45) is 5.24. The first kappa shape index (κ1) is 10.0. The van der Waals surface area contributed by atoms with Gasteiger partial charge in [0.25, 0.3) is 0 Å². The second-order valence-corrected chi connectivity index (χ2v) is 4.56. The van der Waals surface area contributed by atoms with E-state index in [0.29, 0.717) is 5.92 Å². The molecule has 1 nitrogen and oxygen atoms in total. The minimum atomic E-state index is 0.203. The van der Waals surface area contributed by atoms with Crippen molar-refractivity contribution in [2.45, 2.75) is 31.7 Å². The quantitative estimate of drug-likeness (QED) is 0.793. The van der Waals surface area contributed by atoms with E-state index in [-0.39, 0.29) is 6.04 Å². The smallest absolute Gasteiger partial charge is 0.0406 e. The van der Waals surface area contributed by atoms with Gasteiger partial charge in [0.15, 0.2) is 0 Å². The maximum absolute atomic E-state index is 6.21. The maximum atomic E-state index is 6.21. The summed E-state index contributed by atoms with van der Waals surface area (Å²) in [6.45, 7) is 0. The molecule has 0 heterocycles. The van der Waals surface area contributed by atoms with E-state index in [1.807, 2.05) is 24.3 Å². The summed E-state index contributed by atoms with van der Waals surface area (Å²) in [4.78, 5) is 0. The Morgan fingerprint density at radius 2 is 1.71 bits per heavy atom. The monoisotopic (exact) mass is 209 g/mol. The fourth-order valence-corrected chi connectivity index (χ4v) is 2.40. The molecule has 76 valence electrons. The van der Waals surface area contributed by atoms with E-state index in [1.54, 1.807) is 0 Å². The number of rotatable bonds is 2. The van der Waals surface area contributed by atoms with Crippen molar-refractivity contribution in [2.24, 2.45) is 11.7 Å². The van der Waals surface area contributed by atoms with Crippen LogP contribution in [-0.4, -0.2) is 0 Å². The van der Waals surface area contributed by atoms with Crippen molar-refractivity contribution in [3.63, 3.8) is 0 Å². The highest BCUT2D eigenvalue weighted by atomic mass is 35.5. The molecule has 1 saturated carbocycles. The van der Waals surface area contributed by atoms with Gasteiger partial charge in [0.2, 0.25) is 0 Å². The van der Waals surface area contributed by atoms with E-state index in [4.69, 9.17) is 17.3 Å². The fraction of sp³-hybridized carbons (Fsp3) is 0.500. The van der Waals surface area contributed by atoms with Crippen LogP contribution in [0.15, 0.2) is 24.3 Å². The molecule has 1 fully saturated rings. The van der Waals surface area contributed by atoms with Crippen LogP contribution in [-0.2, 0) is 0 Å². The molecule has 0 aliphatic heterocycles. The van der Waals surface area contributed by atoms with Gasteiger partial charge < -0.3 is 5.73 Å². The molecule has 1 aromatic rings. The lowest BCUT2D eigenvalue weighted by atomic mass is 9.93. The summed E-state index contributed by atoms with van der Waals surface area (Å²) >= 11 is 5.84. The number of hydrogen-bond acceptors (Lipinski definition) is 1. The van der Waals surface area contributed by atoms with Crippen LogP contribution in [0.4, 0.5) is 0 Å². The van der Waals surface area contributed by atoms with Crippen LogP contribution in [0.5, 0.6) is 0 Å². The first-order valence-corrected chi connectivity index (χ1v) is 5.66. The van der Waals surface area contributed by atoms with Gasteiger partial charge in [0, 0.05) is 11.1 Å². The van der Waals surface area contributed by atoms with Crippen molar-refractivity contribution in [3.05, 3.63) is 34.9 Å². The molecule has 1 aliphatic rings. The Morgan fingerprint density at radius 1 is 1.14 bits per heavy atom. The van der Waals surface area contributed by atoms with Crippen LogP contribution >= 0.6 is 11.6 Å². The Morgan fingerprint density at radius 3 is 2.29 bits per heavy atom. The highest BCUT2D eigenvalue weighted by molar-refractivity contribution is 6.30. The molecule has 0 amide bonds. The van der Waals surface area contributed by atoms with Crippen LogP contribution in [0.3, 0.4) is 0 Å². The largest absolute Gasteiger partial charge is 0.324 e. The van der Waals surface area contributed by atoms with E-state index in [0.717, 1.165) is 5.02 Å². The van der Waals surface area contributed by atoms with Gasteiger partial charge in [0.05, 0.1) is 0 Å². The van der Waals surface area contributed by atoms with Crippen LogP contribution in [0.2, 0.25) is 5.02 Å². The average molecular weight is 210 g/mol. The average Bonchev–Trinajstić information content (AvgIpc) is 2.71. The van der Waals surface area contributed by atoms with Crippen molar-refractivity contribution in [2.75, 3.05) is 0 Å². The molecule has 1 atom stereocenters. The van der Waals surface area contributed by atoms with Gasteiger partial charge >= 0.3 is 0 Å². The Hall–Kier alpha value is -0.530. The third-order valence-electron chi connectivity index (χ3n) is 3.16. The van der Waals surface area contributed by atoms with Crippen molar-refractivity contribution in [3.8, 4) is 0 Å². The molecule has 0 bridgehead atoms. The second kappa shape index (κ2) is 4.33. The minimum absolute atomic E-state index is 0.203. The lowest BCUT2D eigenvalue weighted by Crippen LogP contribution is -2.18. The van der Waals surface area contributed by atoms with Gasteiger partial charge in [-0.2, -0.15) is 0 Å². The Bertz CT molecular complexity index is 288. The summed E-state index contributed by atoms with van der Waals surface area (Å²) in [5.41, 5.74) is 7.43. The molecular formula is C12H16ClN. The first-order chi connectivity index (χ1) is 6.77. The van der Waals surface area contributed by atoms with Crippen LogP contribution in [0.25, 0.3) is 0 Å². The number of hydrogen-bond donors (Lipinski definition) is 1. The summed E-state index contributed by atoms with van der Waals surface area (Å²) in [7, 11) is 0. The molecule has 14 heavy (non-hydrogen) atoms. The highest BCUT2D eigenvalue weighted by Gasteiger charge is 2.22. The van der Waals surface area contributed by atoms with Gasteiger partial charge in [0.1, 0.15) is 0 Å². The normalized spacial score (nSPS) is 19.9. The minimum Gasteiger partial charge on any atom is -0.324 e. The summed E-state index contributed by atoms with van der Waals surface area (Å²) in [6, 6.07) is 8.14. The molecule has 0 aromatic heterocycles. The van der Waals surface area contributed by atoms with E-state index < -0.39 is 0 Å². The number of halogens is 1. The molecule has 0 spiro atoms. The van der Waals surface area contributed by atoms with Gasteiger partial charge in [-0.05, 0) is 36.5 Å². The summed E-state index contributed by atoms with van der Waals surface area (Å²) in [5, 5.41) is 0.785. The van der Waals surface area contributed by atoms with Crippen molar-refractivity contribution in [1.82, 2.24) is 0 Å². The molecule has 2 heteroatoms. The third kappa shape index (κ3) is 2.10. The summed E-state index contributed by atoms with van der Waals surface area (Å²) < 4.78 is 0. The lowest BCUT2D eigenvalue weighted by Gasteiger charge is -2.19. The van der Waals surface area contributed by atoms with E-state index in [1.165, 1.54) is 31.2 Å². The SMILES string of the molecule is NC(c1ccc(Cl)cc1)C1CCCC1. The molecule has 0 radical (unpaired) electrons. The number of benzene rings is 1. The highest BCUT2D eigenvalue weighted by Crippen LogP contribution is 2.34. The van der Waals surface area contributed by atoms with E-state index >= 15 is 0 Å². The standard InChI is InChI=1S/C12H16ClN/c13-11-7-5-10(6-8-11)12(14)9-3-1-2-4-9/h5-9,12H,1-4,14H2. The van der Waals surface area contributed by atoms with Crippen LogP contribution < -0.4 is 5.73 Å². The molecule has 1 aliphatic carbocycles. The van der Waals surface area contributed by atoms with Gasteiger partial charge in [-0.3, -0.25) is 0 Å². The second-order valence-electron chi connectivity index (χ2n) is 4.12. The zero-order valence-electron chi connectivity index (χ0n) is 8.25. The predicted molar refractivity (Wildman–Crippen MR) is 60.3 cm³/mol. The molecule has 2 N–H and O–H groups in total. The zero-order chi connectivity index (χ0) is 9.97. The van der Waals surface area contributed by atoms with E-state index in [9.17, 15) is 0 Å². The number of nitrogens with two attached hydrogens (primary N) is 1. The van der Waals surface area contributed by atoms with Crippen LogP contribution in [0.1, 0.15) is 37.3 Å². The van der Waals surface area contributed by atoms with Crippen molar-refractivity contribution < 1.29 is 0 Å².